The highest BCUT2D eigenvalue weighted by atomic mass is 79.9. The number of hydrogen-bond donors (Lipinski definition) is 2. The zero-order valence-electron chi connectivity index (χ0n) is 11.7. The third-order valence-corrected chi connectivity index (χ3v) is 3.86. The lowest BCUT2D eigenvalue weighted by atomic mass is 10.2. The summed E-state index contributed by atoms with van der Waals surface area (Å²) in [7, 11) is 0. The van der Waals surface area contributed by atoms with Gasteiger partial charge < -0.3 is 14.7 Å². The van der Waals surface area contributed by atoms with Crippen molar-refractivity contribution < 1.29 is 9.21 Å². The molecule has 4 nitrogen and oxygen atoms in total. The summed E-state index contributed by atoms with van der Waals surface area (Å²) in [4.78, 5) is 15.4. The first kappa shape index (κ1) is 13.9. The van der Waals surface area contributed by atoms with Gasteiger partial charge in [0, 0.05) is 15.4 Å². The van der Waals surface area contributed by atoms with Crippen molar-refractivity contribution in [1.82, 2.24) is 10.3 Å². The number of hydrogen-bond acceptors (Lipinski definition) is 2. The number of benzene rings is 1. The SMILES string of the molecule is Cc1ccc(C(C)NC(=O)c2cc3cc(Br)ccc3[nH]2)o1. The van der Waals surface area contributed by atoms with Gasteiger partial charge in [-0.25, -0.2) is 0 Å². The summed E-state index contributed by atoms with van der Waals surface area (Å²) >= 11 is 3.43. The van der Waals surface area contributed by atoms with Crippen LogP contribution in [0.4, 0.5) is 0 Å². The Kier molecular flexibility index (Phi) is 3.59. The molecule has 0 fully saturated rings. The topological polar surface area (TPSA) is 58.0 Å². The Morgan fingerprint density at radius 2 is 2.10 bits per heavy atom. The third-order valence-electron chi connectivity index (χ3n) is 3.36. The normalized spacial score (nSPS) is 12.5. The van der Waals surface area contributed by atoms with Crippen LogP contribution in [0.25, 0.3) is 10.9 Å². The maximum Gasteiger partial charge on any atom is 0.268 e. The van der Waals surface area contributed by atoms with Gasteiger partial charge in [-0.1, -0.05) is 15.9 Å². The first-order valence-electron chi connectivity index (χ1n) is 6.68. The van der Waals surface area contributed by atoms with Crippen LogP contribution in [0.1, 0.15) is 35.0 Å². The van der Waals surface area contributed by atoms with Gasteiger partial charge in [0.1, 0.15) is 17.2 Å². The number of halogens is 1. The van der Waals surface area contributed by atoms with E-state index in [1.54, 1.807) is 0 Å². The number of rotatable bonds is 3. The number of carbonyl (C=O) groups is 1. The molecular formula is C16H15BrN2O2. The molecule has 1 aromatic carbocycles. The third kappa shape index (κ3) is 2.88. The first-order chi connectivity index (χ1) is 10.0. The second kappa shape index (κ2) is 5.41. The fourth-order valence-electron chi connectivity index (χ4n) is 2.26. The molecule has 2 aromatic heterocycles. The van der Waals surface area contributed by atoms with Crippen molar-refractivity contribution in [3.8, 4) is 0 Å². The predicted octanol–water partition coefficient (Wildman–Crippen LogP) is 4.32. The quantitative estimate of drug-likeness (QED) is 0.741. The van der Waals surface area contributed by atoms with Gasteiger partial charge in [0.25, 0.3) is 5.91 Å². The van der Waals surface area contributed by atoms with Gasteiger partial charge in [-0.3, -0.25) is 4.79 Å². The molecule has 0 aliphatic carbocycles. The summed E-state index contributed by atoms with van der Waals surface area (Å²) in [5.74, 6) is 1.44. The maximum absolute atomic E-state index is 12.3. The number of furan rings is 1. The summed E-state index contributed by atoms with van der Waals surface area (Å²) in [6.45, 7) is 3.78. The Hall–Kier alpha value is -2.01. The average Bonchev–Trinajstić information content (AvgIpc) is 3.04. The molecule has 0 saturated heterocycles. The molecule has 0 aliphatic rings. The molecule has 0 spiro atoms. The van der Waals surface area contributed by atoms with E-state index in [2.05, 4.69) is 26.2 Å². The molecule has 21 heavy (non-hydrogen) atoms. The minimum atomic E-state index is -0.177. The number of nitrogens with one attached hydrogen (secondary N) is 2. The minimum absolute atomic E-state index is 0.149. The van der Waals surface area contributed by atoms with Crippen LogP contribution in [0.5, 0.6) is 0 Å². The van der Waals surface area contributed by atoms with Crippen LogP contribution < -0.4 is 5.32 Å². The zero-order valence-corrected chi connectivity index (χ0v) is 13.3. The van der Waals surface area contributed by atoms with Crippen LogP contribution >= 0.6 is 15.9 Å². The van der Waals surface area contributed by atoms with Crippen LogP contribution in [0, 0.1) is 6.92 Å². The molecule has 1 unspecified atom stereocenters. The Labute approximate surface area is 130 Å². The van der Waals surface area contributed by atoms with Crippen LogP contribution in [0.2, 0.25) is 0 Å². The van der Waals surface area contributed by atoms with E-state index >= 15 is 0 Å². The van der Waals surface area contributed by atoms with E-state index in [-0.39, 0.29) is 11.9 Å². The minimum Gasteiger partial charge on any atom is -0.464 e. The Balaban J connectivity index is 1.80. The van der Waals surface area contributed by atoms with Gasteiger partial charge >= 0.3 is 0 Å². The van der Waals surface area contributed by atoms with Crippen LogP contribution in [0.15, 0.2) is 45.3 Å². The van der Waals surface area contributed by atoms with Crippen LogP contribution in [-0.2, 0) is 0 Å². The van der Waals surface area contributed by atoms with Gasteiger partial charge in [-0.2, -0.15) is 0 Å². The molecule has 0 aliphatic heterocycles. The van der Waals surface area contributed by atoms with Crippen molar-refractivity contribution in [2.75, 3.05) is 0 Å². The lowest BCUT2D eigenvalue weighted by molar-refractivity contribution is 0.0931. The molecule has 3 aromatic rings. The van der Waals surface area contributed by atoms with E-state index in [1.807, 2.05) is 50.2 Å². The highest BCUT2D eigenvalue weighted by molar-refractivity contribution is 9.10. The molecule has 2 heterocycles. The molecule has 0 radical (unpaired) electrons. The molecular weight excluding hydrogens is 332 g/mol. The Morgan fingerprint density at radius 3 is 2.81 bits per heavy atom. The van der Waals surface area contributed by atoms with Crippen molar-refractivity contribution in [2.45, 2.75) is 19.9 Å². The van der Waals surface area contributed by atoms with Crippen LogP contribution in [-0.4, -0.2) is 10.9 Å². The van der Waals surface area contributed by atoms with E-state index < -0.39 is 0 Å². The fraction of sp³-hybridized carbons (Fsp3) is 0.188. The van der Waals surface area contributed by atoms with E-state index in [1.165, 1.54) is 0 Å². The summed E-state index contributed by atoms with van der Waals surface area (Å²) in [5.41, 5.74) is 1.48. The zero-order chi connectivity index (χ0) is 15.0. The Morgan fingerprint density at radius 1 is 1.29 bits per heavy atom. The molecule has 5 heteroatoms. The summed E-state index contributed by atoms with van der Waals surface area (Å²) in [6.07, 6.45) is 0. The van der Waals surface area contributed by atoms with Crippen molar-refractivity contribution in [1.29, 1.82) is 0 Å². The number of aromatic amines is 1. The summed E-state index contributed by atoms with van der Waals surface area (Å²) in [6, 6.07) is 11.3. The molecule has 108 valence electrons. The number of aromatic nitrogens is 1. The van der Waals surface area contributed by atoms with Crippen molar-refractivity contribution in [3.05, 3.63) is 58.1 Å². The van der Waals surface area contributed by atoms with E-state index in [0.29, 0.717) is 5.69 Å². The Bertz CT molecular complexity index is 804. The number of aryl methyl sites for hydroxylation is 1. The predicted molar refractivity (Wildman–Crippen MR) is 85.3 cm³/mol. The standard InChI is InChI=1S/C16H15BrN2O2/c1-9-3-6-15(21-9)10(2)18-16(20)14-8-11-7-12(17)4-5-13(11)19-14/h3-8,10,19H,1-2H3,(H,18,20). The van der Waals surface area contributed by atoms with Gasteiger partial charge in [0.2, 0.25) is 0 Å². The number of amides is 1. The highest BCUT2D eigenvalue weighted by Crippen LogP contribution is 2.21. The number of H-pyrrole nitrogens is 1. The lowest BCUT2D eigenvalue weighted by Gasteiger charge is -2.10. The molecule has 2 N–H and O–H groups in total. The largest absolute Gasteiger partial charge is 0.464 e. The molecule has 0 saturated carbocycles. The molecule has 1 atom stereocenters. The van der Waals surface area contributed by atoms with E-state index in [4.69, 9.17) is 4.42 Å². The molecule has 1 amide bonds. The van der Waals surface area contributed by atoms with E-state index in [0.717, 1.165) is 26.9 Å². The van der Waals surface area contributed by atoms with Gasteiger partial charge in [0.15, 0.2) is 0 Å². The van der Waals surface area contributed by atoms with Gasteiger partial charge in [0.05, 0.1) is 6.04 Å². The highest BCUT2D eigenvalue weighted by Gasteiger charge is 2.15. The van der Waals surface area contributed by atoms with Crippen LogP contribution in [0.3, 0.4) is 0 Å². The smallest absolute Gasteiger partial charge is 0.268 e. The summed E-state index contributed by atoms with van der Waals surface area (Å²) < 4.78 is 6.51. The van der Waals surface area contributed by atoms with Gasteiger partial charge in [-0.05, 0) is 50.2 Å². The van der Waals surface area contributed by atoms with E-state index in [9.17, 15) is 4.79 Å². The average molecular weight is 347 g/mol. The molecule has 3 rings (SSSR count). The summed E-state index contributed by atoms with van der Waals surface area (Å²) in [5, 5.41) is 3.92. The monoisotopic (exact) mass is 346 g/mol. The fourth-order valence-corrected chi connectivity index (χ4v) is 2.64. The number of carbonyl (C=O) groups excluding carboxylic acids is 1. The first-order valence-corrected chi connectivity index (χ1v) is 7.48. The second-order valence-electron chi connectivity index (χ2n) is 5.06. The van der Waals surface area contributed by atoms with Gasteiger partial charge in [-0.15, -0.1) is 0 Å². The maximum atomic E-state index is 12.3. The van der Waals surface area contributed by atoms with Crippen molar-refractivity contribution in [3.63, 3.8) is 0 Å². The lowest BCUT2D eigenvalue weighted by Crippen LogP contribution is -2.26. The second-order valence-corrected chi connectivity index (χ2v) is 5.97. The molecule has 0 bridgehead atoms. The van der Waals surface area contributed by atoms with Crippen molar-refractivity contribution >= 4 is 32.7 Å². The number of fused-ring (bicyclic) bond motifs is 1. The van der Waals surface area contributed by atoms with Crippen molar-refractivity contribution in [2.24, 2.45) is 0 Å².